The van der Waals surface area contributed by atoms with Gasteiger partial charge in [-0.2, -0.15) is 0 Å². The average Bonchev–Trinajstić information content (AvgIpc) is 2.01. The van der Waals surface area contributed by atoms with Crippen molar-refractivity contribution in [1.29, 1.82) is 0 Å². The van der Waals surface area contributed by atoms with Crippen molar-refractivity contribution < 1.29 is 4.74 Å². The van der Waals surface area contributed by atoms with Crippen molar-refractivity contribution in [1.82, 2.24) is 4.98 Å². The van der Waals surface area contributed by atoms with Gasteiger partial charge in [0.15, 0.2) is 0 Å². The molecule has 0 atom stereocenters. The highest BCUT2D eigenvalue weighted by Gasteiger charge is 2.06. The summed E-state index contributed by atoms with van der Waals surface area (Å²) in [7, 11) is 1.59. The Morgan fingerprint density at radius 3 is 2.82 bits per heavy atom. The molecule has 0 saturated carbocycles. The first-order valence-corrected chi connectivity index (χ1v) is 4.29. The third-order valence-corrected chi connectivity index (χ3v) is 2.78. The normalized spacial score (nSPS) is 9.82. The summed E-state index contributed by atoms with van der Waals surface area (Å²) in [4.78, 5) is 4.87. The number of halogens is 1. The molecule has 11 heavy (non-hydrogen) atoms. The van der Waals surface area contributed by atoms with Crippen LogP contribution in [0, 0.1) is 6.92 Å². The predicted octanol–water partition coefficient (Wildman–Crippen LogP) is 2.45. The Labute approximate surface area is 79.5 Å². The fourth-order valence-corrected chi connectivity index (χ4v) is 1.49. The Morgan fingerprint density at radius 2 is 2.27 bits per heavy atom. The van der Waals surface area contributed by atoms with Crippen LogP contribution in [0.3, 0.4) is 0 Å². The van der Waals surface area contributed by atoms with Gasteiger partial charge in [-0.3, -0.25) is 0 Å². The highest BCUT2D eigenvalue weighted by Crippen LogP contribution is 2.29. The summed E-state index contributed by atoms with van der Waals surface area (Å²) in [5, 5.41) is 0. The number of hydrogen-bond acceptors (Lipinski definition) is 3. The van der Waals surface area contributed by atoms with Crippen molar-refractivity contribution in [2.45, 2.75) is 11.8 Å². The van der Waals surface area contributed by atoms with Crippen molar-refractivity contribution in [3.8, 4) is 5.88 Å². The van der Waals surface area contributed by atoms with E-state index in [0.717, 1.165) is 14.9 Å². The topological polar surface area (TPSA) is 22.1 Å². The second-order valence-corrected chi connectivity index (χ2v) is 3.37. The first kappa shape index (κ1) is 8.87. The number of aromatic nitrogens is 1. The first-order valence-electron chi connectivity index (χ1n) is 3.05. The second kappa shape index (κ2) is 3.45. The summed E-state index contributed by atoms with van der Waals surface area (Å²) in [6.07, 6.45) is 1.67. The lowest BCUT2D eigenvalue weighted by molar-refractivity contribution is 0.394. The summed E-state index contributed by atoms with van der Waals surface area (Å²) in [6, 6.07) is 0. The number of ether oxygens (including phenoxy) is 1. The van der Waals surface area contributed by atoms with E-state index in [2.05, 4.69) is 33.5 Å². The van der Waals surface area contributed by atoms with Crippen LogP contribution in [0.25, 0.3) is 0 Å². The van der Waals surface area contributed by atoms with Gasteiger partial charge >= 0.3 is 0 Å². The van der Waals surface area contributed by atoms with Gasteiger partial charge in [0.2, 0.25) is 5.88 Å². The Morgan fingerprint density at radius 1 is 1.64 bits per heavy atom. The van der Waals surface area contributed by atoms with Gasteiger partial charge < -0.3 is 4.74 Å². The van der Waals surface area contributed by atoms with Crippen molar-refractivity contribution in [2.75, 3.05) is 7.11 Å². The maximum absolute atomic E-state index is 4.99. The Kier molecular flexibility index (Phi) is 2.78. The molecule has 1 aromatic heterocycles. The molecule has 0 spiro atoms. The molecule has 0 aliphatic carbocycles. The van der Waals surface area contributed by atoms with Gasteiger partial charge in [0, 0.05) is 11.1 Å². The van der Waals surface area contributed by atoms with Gasteiger partial charge in [-0.15, -0.1) is 12.6 Å². The largest absolute Gasteiger partial charge is 0.480 e. The van der Waals surface area contributed by atoms with Gasteiger partial charge in [0.1, 0.15) is 0 Å². The van der Waals surface area contributed by atoms with Crippen molar-refractivity contribution in [3.63, 3.8) is 0 Å². The van der Waals surface area contributed by atoms with Crippen LogP contribution in [-0.2, 0) is 0 Å². The number of hydrogen-bond donors (Lipinski definition) is 1. The van der Waals surface area contributed by atoms with E-state index in [1.165, 1.54) is 0 Å². The van der Waals surface area contributed by atoms with Crippen LogP contribution in [0.5, 0.6) is 5.88 Å². The average molecular weight is 234 g/mol. The molecule has 0 amide bonds. The molecule has 0 aliphatic heterocycles. The van der Waals surface area contributed by atoms with Crippen LogP contribution < -0.4 is 4.74 Å². The molecule has 1 aromatic rings. The number of nitrogens with zero attached hydrogens (tertiary/aromatic N) is 1. The monoisotopic (exact) mass is 233 g/mol. The van der Waals surface area contributed by atoms with Gasteiger partial charge in [-0.1, -0.05) is 0 Å². The maximum atomic E-state index is 4.99. The molecule has 2 nitrogen and oxygen atoms in total. The predicted molar refractivity (Wildman–Crippen MR) is 50.5 cm³/mol. The zero-order chi connectivity index (χ0) is 8.43. The molecule has 0 saturated heterocycles. The molecule has 4 heteroatoms. The minimum absolute atomic E-state index is 0.598. The molecular weight excluding hydrogens is 226 g/mol. The molecule has 0 unspecified atom stereocenters. The van der Waals surface area contributed by atoms with E-state index in [0.29, 0.717) is 5.88 Å². The molecule has 0 bridgehead atoms. The number of thiol groups is 1. The van der Waals surface area contributed by atoms with Crippen LogP contribution in [0.1, 0.15) is 5.56 Å². The van der Waals surface area contributed by atoms with Crippen LogP contribution >= 0.6 is 28.6 Å². The lowest BCUT2D eigenvalue weighted by atomic mass is 10.3. The smallest absolute Gasteiger partial charge is 0.228 e. The second-order valence-electron chi connectivity index (χ2n) is 2.09. The fraction of sp³-hybridized carbons (Fsp3) is 0.286. The highest BCUT2D eigenvalue weighted by molar-refractivity contribution is 9.10. The van der Waals surface area contributed by atoms with E-state index in [-0.39, 0.29) is 0 Å². The molecule has 60 valence electrons. The third-order valence-electron chi connectivity index (χ3n) is 1.40. The molecule has 0 radical (unpaired) electrons. The number of rotatable bonds is 1. The molecule has 0 fully saturated rings. The molecular formula is C7H8BrNOS. The van der Waals surface area contributed by atoms with Crippen LogP contribution in [0.15, 0.2) is 15.6 Å². The van der Waals surface area contributed by atoms with Crippen molar-refractivity contribution >= 4 is 28.6 Å². The molecule has 0 N–H and O–H groups in total. The van der Waals surface area contributed by atoms with E-state index in [4.69, 9.17) is 4.74 Å². The zero-order valence-corrected chi connectivity index (χ0v) is 8.74. The van der Waals surface area contributed by atoms with Crippen molar-refractivity contribution in [3.05, 3.63) is 16.2 Å². The van der Waals surface area contributed by atoms with E-state index in [1.54, 1.807) is 13.3 Å². The minimum Gasteiger partial charge on any atom is -0.480 e. The number of pyridine rings is 1. The summed E-state index contributed by atoms with van der Waals surface area (Å²) in [5.41, 5.74) is 1.04. The van der Waals surface area contributed by atoms with E-state index in [9.17, 15) is 0 Å². The van der Waals surface area contributed by atoms with Gasteiger partial charge in [-0.05, 0) is 28.4 Å². The van der Waals surface area contributed by atoms with E-state index >= 15 is 0 Å². The Hall–Kier alpha value is -0.220. The standard InChI is InChI=1S/C7H8BrNOS/c1-4-5(11)3-9-7(10-2)6(4)8/h3,11H,1-2H3. The maximum Gasteiger partial charge on any atom is 0.228 e. The zero-order valence-electron chi connectivity index (χ0n) is 6.26. The van der Waals surface area contributed by atoms with Crippen LogP contribution in [0.2, 0.25) is 0 Å². The van der Waals surface area contributed by atoms with Crippen LogP contribution in [0.4, 0.5) is 0 Å². The lowest BCUT2D eigenvalue weighted by Gasteiger charge is -2.05. The first-order chi connectivity index (χ1) is 5.16. The fourth-order valence-electron chi connectivity index (χ4n) is 0.688. The SMILES string of the molecule is COc1ncc(S)c(C)c1Br. The third kappa shape index (κ3) is 1.68. The lowest BCUT2D eigenvalue weighted by Crippen LogP contribution is -1.91. The highest BCUT2D eigenvalue weighted by atomic mass is 79.9. The Balaban J connectivity index is 3.25. The summed E-state index contributed by atoms with van der Waals surface area (Å²) in [5.74, 6) is 0.598. The molecule has 1 heterocycles. The molecule has 0 aromatic carbocycles. The quantitative estimate of drug-likeness (QED) is 0.754. The van der Waals surface area contributed by atoms with Gasteiger partial charge in [0.05, 0.1) is 11.6 Å². The summed E-state index contributed by atoms with van der Waals surface area (Å²) in [6.45, 7) is 1.95. The van der Waals surface area contributed by atoms with Gasteiger partial charge in [0.25, 0.3) is 0 Å². The van der Waals surface area contributed by atoms with E-state index in [1.807, 2.05) is 6.92 Å². The van der Waals surface area contributed by atoms with E-state index < -0.39 is 0 Å². The molecule has 0 aliphatic rings. The summed E-state index contributed by atoms with van der Waals surface area (Å²) >= 11 is 7.56. The molecule has 1 rings (SSSR count). The van der Waals surface area contributed by atoms with Gasteiger partial charge in [-0.25, -0.2) is 4.98 Å². The Bertz CT molecular complexity index is 277. The van der Waals surface area contributed by atoms with Crippen LogP contribution in [-0.4, -0.2) is 12.1 Å². The number of methoxy groups -OCH3 is 1. The van der Waals surface area contributed by atoms with Crippen molar-refractivity contribution in [2.24, 2.45) is 0 Å². The minimum atomic E-state index is 0.598. The summed E-state index contributed by atoms with van der Waals surface area (Å²) < 4.78 is 5.86.